The molecule has 2 aliphatic rings. The molecule has 0 unspecified atom stereocenters. The number of ether oxygens (including phenoxy) is 1. The monoisotopic (exact) mass is 417 g/mol. The van der Waals surface area contributed by atoms with Crippen LogP contribution in [0.5, 0.6) is 5.75 Å². The molecule has 9 heteroatoms. The number of anilines is 2. The summed E-state index contributed by atoms with van der Waals surface area (Å²) >= 11 is 0. The molecule has 158 valence electrons. The summed E-state index contributed by atoms with van der Waals surface area (Å²) in [5, 5.41) is 15.8. The van der Waals surface area contributed by atoms with Gasteiger partial charge in [0.25, 0.3) is 0 Å². The highest BCUT2D eigenvalue weighted by Crippen LogP contribution is 2.41. The minimum absolute atomic E-state index is 0.209. The highest BCUT2D eigenvalue weighted by atomic mass is 16.5. The van der Waals surface area contributed by atoms with Crippen molar-refractivity contribution in [3.8, 4) is 17.1 Å². The number of pyridine rings is 1. The summed E-state index contributed by atoms with van der Waals surface area (Å²) in [5.74, 6) is 1.56. The number of nitrogens with zero attached hydrogens (tertiary/aromatic N) is 6. The van der Waals surface area contributed by atoms with Crippen molar-refractivity contribution >= 4 is 28.6 Å². The number of para-hydroxylation sites is 1. The van der Waals surface area contributed by atoms with Crippen LogP contribution in [-0.2, 0) is 24.7 Å². The van der Waals surface area contributed by atoms with E-state index >= 15 is 0 Å². The van der Waals surface area contributed by atoms with Gasteiger partial charge in [0.05, 0.1) is 42.5 Å². The molecule has 1 N–H and O–H groups in total. The second-order valence-electron chi connectivity index (χ2n) is 8.01. The van der Waals surface area contributed by atoms with Gasteiger partial charge in [-0.3, -0.25) is 14.8 Å². The molecular formula is C22H23N7O2. The number of tetrazole rings is 1. The molecule has 1 saturated carbocycles. The molecule has 3 heterocycles. The topological polar surface area (TPSA) is 107 Å². The van der Waals surface area contributed by atoms with E-state index in [0.29, 0.717) is 24.4 Å². The smallest absolute Gasteiger partial charge is 0.208 e. The van der Waals surface area contributed by atoms with Crippen LogP contribution in [0.2, 0.25) is 0 Å². The number of methoxy groups -OCH3 is 1. The molecule has 3 aromatic rings. The molecular weight excluding hydrogens is 394 g/mol. The Morgan fingerprint density at radius 1 is 1.29 bits per heavy atom. The first-order chi connectivity index (χ1) is 15.0. The molecule has 1 aromatic carbocycles. The Kier molecular flexibility index (Phi) is 4.72. The number of hydrogen-bond donors (Lipinski definition) is 1. The van der Waals surface area contributed by atoms with Gasteiger partial charge in [-0.1, -0.05) is 6.07 Å². The Morgan fingerprint density at radius 3 is 2.84 bits per heavy atom. The SMILES string of the molecule is COc1c(Nc2cc(CC(=O)C3CC3)nc3c2N=C(C)C3)cccc1-c1nnn(C)n1. The first-order valence-corrected chi connectivity index (χ1v) is 10.3. The Labute approximate surface area is 179 Å². The first kappa shape index (κ1) is 19.3. The summed E-state index contributed by atoms with van der Waals surface area (Å²) in [6.45, 7) is 1.99. The van der Waals surface area contributed by atoms with E-state index < -0.39 is 0 Å². The lowest BCUT2D eigenvalue weighted by molar-refractivity contribution is -0.119. The number of carbonyl (C=O) groups is 1. The van der Waals surface area contributed by atoms with Crippen molar-refractivity contribution in [2.75, 3.05) is 12.4 Å². The van der Waals surface area contributed by atoms with Gasteiger partial charge in [-0.05, 0) is 43.2 Å². The molecule has 31 heavy (non-hydrogen) atoms. The Bertz CT molecular complexity index is 1210. The summed E-state index contributed by atoms with van der Waals surface area (Å²) in [7, 11) is 3.33. The molecule has 0 atom stereocenters. The largest absolute Gasteiger partial charge is 0.494 e. The molecule has 0 radical (unpaired) electrons. The number of fused-ring (bicyclic) bond motifs is 1. The van der Waals surface area contributed by atoms with Crippen LogP contribution < -0.4 is 10.1 Å². The number of rotatable bonds is 7. The number of ketones is 1. The molecule has 0 amide bonds. The summed E-state index contributed by atoms with van der Waals surface area (Å²) in [6.07, 6.45) is 3.04. The van der Waals surface area contributed by atoms with Gasteiger partial charge >= 0.3 is 0 Å². The third-order valence-corrected chi connectivity index (χ3v) is 5.47. The number of nitrogens with one attached hydrogen (secondary N) is 1. The minimum atomic E-state index is 0.209. The predicted octanol–water partition coefficient (Wildman–Crippen LogP) is 3.19. The zero-order chi connectivity index (χ0) is 21.5. The summed E-state index contributed by atoms with van der Waals surface area (Å²) in [6, 6.07) is 7.64. The highest BCUT2D eigenvalue weighted by molar-refractivity contribution is 5.96. The number of Topliss-reactive ketones (excluding diaryl/α,β-unsaturated/α-hetero) is 1. The first-order valence-electron chi connectivity index (χ1n) is 10.3. The maximum Gasteiger partial charge on any atom is 0.208 e. The molecule has 0 bridgehead atoms. The summed E-state index contributed by atoms with van der Waals surface area (Å²) < 4.78 is 5.70. The Morgan fingerprint density at radius 2 is 2.13 bits per heavy atom. The second-order valence-corrected chi connectivity index (χ2v) is 8.01. The standard InChI is InChI=1S/C22H23N7O2/c1-12-9-17-20(23-12)18(10-14(24-17)11-19(30)13-7-8-13)25-16-6-4-5-15(21(16)31-3)22-26-28-29(2)27-22/h4-6,10,13H,7-9,11H2,1-3H3,(H,24,25). The molecule has 2 aromatic heterocycles. The number of aryl methyl sites for hydroxylation is 1. The van der Waals surface area contributed by atoms with E-state index in [1.807, 2.05) is 31.2 Å². The van der Waals surface area contributed by atoms with Crippen molar-refractivity contribution in [2.45, 2.75) is 32.6 Å². The molecule has 1 aliphatic heterocycles. The summed E-state index contributed by atoms with van der Waals surface area (Å²) in [4.78, 5) is 23.2. The minimum Gasteiger partial charge on any atom is -0.494 e. The highest BCUT2D eigenvalue weighted by Gasteiger charge is 2.30. The van der Waals surface area contributed by atoms with Gasteiger partial charge in [0.2, 0.25) is 5.82 Å². The quantitative estimate of drug-likeness (QED) is 0.629. The molecule has 0 spiro atoms. The van der Waals surface area contributed by atoms with E-state index in [-0.39, 0.29) is 11.7 Å². The van der Waals surface area contributed by atoms with Gasteiger partial charge < -0.3 is 10.1 Å². The van der Waals surface area contributed by atoms with Gasteiger partial charge in [-0.25, -0.2) is 0 Å². The zero-order valence-electron chi connectivity index (χ0n) is 17.7. The average Bonchev–Trinajstić information content (AvgIpc) is 3.40. The third kappa shape index (κ3) is 3.78. The lowest BCUT2D eigenvalue weighted by Crippen LogP contribution is -2.08. The van der Waals surface area contributed by atoms with Crippen LogP contribution >= 0.6 is 0 Å². The number of benzene rings is 1. The van der Waals surface area contributed by atoms with Crippen molar-refractivity contribution in [2.24, 2.45) is 18.0 Å². The van der Waals surface area contributed by atoms with Gasteiger partial charge in [0.1, 0.15) is 11.5 Å². The lowest BCUT2D eigenvalue weighted by atomic mass is 10.1. The van der Waals surface area contributed by atoms with E-state index in [2.05, 4.69) is 25.7 Å². The number of carbonyl (C=O) groups excluding carboxylic acids is 1. The third-order valence-electron chi connectivity index (χ3n) is 5.47. The molecule has 5 rings (SSSR count). The van der Waals surface area contributed by atoms with Crippen molar-refractivity contribution in [1.82, 2.24) is 25.2 Å². The lowest BCUT2D eigenvalue weighted by Gasteiger charge is -2.16. The van der Waals surface area contributed by atoms with Crippen molar-refractivity contribution in [1.29, 1.82) is 0 Å². The number of hydrogen-bond acceptors (Lipinski definition) is 8. The van der Waals surface area contributed by atoms with Crippen LogP contribution in [0.3, 0.4) is 0 Å². The van der Waals surface area contributed by atoms with Gasteiger partial charge in [0.15, 0.2) is 5.75 Å². The zero-order valence-corrected chi connectivity index (χ0v) is 17.7. The Balaban J connectivity index is 1.53. The number of aromatic nitrogens is 5. The van der Waals surface area contributed by atoms with Crippen molar-refractivity contribution in [3.63, 3.8) is 0 Å². The molecule has 1 fully saturated rings. The van der Waals surface area contributed by atoms with E-state index in [1.165, 1.54) is 4.80 Å². The van der Waals surface area contributed by atoms with Crippen LogP contribution in [0, 0.1) is 5.92 Å². The fourth-order valence-corrected chi connectivity index (χ4v) is 3.85. The van der Waals surface area contributed by atoms with E-state index in [0.717, 1.165) is 52.6 Å². The maximum absolute atomic E-state index is 12.4. The maximum atomic E-state index is 12.4. The molecule has 1 aliphatic carbocycles. The van der Waals surface area contributed by atoms with Crippen LogP contribution in [-0.4, -0.2) is 43.8 Å². The van der Waals surface area contributed by atoms with Crippen LogP contribution in [0.25, 0.3) is 11.4 Å². The van der Waals surface area contributed by atoms with E-state index in [9.17, 15) is 4.79 Å². The van der Waals surface area contributed by atoms with Gasteiger partial charge in [0, 0.05) is 24.5 Å². The predicted molar refractivity (Wildman–Crippen MR) is 116 cm³/mol. The van der Waals surface area contributed by atoms with Gasteiger partial charge in [-0.2, -0.15) is 4.80 Å². The normalized spacial score (nSPS) is 14.9. The second kappa shape index (κ2) is 7.57. The molecule has 0 saturated heterocycles. The van der Waals surface area contributed by atoms with Crippen LogP contribution in [0.4, 0.5) is 17.1 Å². The van der Waals surface area contributed by atoms with E-state index in [4.69, 9.17) is 9.72 Å². The van der Waals surface area contributed by atoms with E-state index in [1.54, 1.807) is 14.2 Å². The van der Waals surface area contributed by atoms with Crippen LogP contribution in [0.15, 0.2) is 29.3 Å². The Hall–Kier alpha value is -3.62. The molecule has 9 nitrogen and oxygen atoms in total. The fraction of sp³-hybridized carbons (Fsp3) is 0.364. The fourth-order valence-electron chi connectivity index (χ4n) is 3.85. The van der Waals surface area contributed by atoms with Gasteiger partial charge in [-0.15, -0.1) is 10.2 Å². The average molecular weight is 417 g/mol. The summed E-state index contributed by atoms with van der Waals surface area (Å²) in [5.41, 5.74) is 5.77. The van der Waals surface area contributed by atoms with Crippen molar-refractivity contribution < 1.29 is 9.53 Å². The van der Waals surface area contributed by atoms with Crippen LogP contribution in [0.1, 0.15) is 31.2 Å². The number of aliphatic imine (C=N–C) groups is 1. The van der Waals surface area contributed by atoms with Crippen molar-refractivity contribution in [3.05, 3.63) is 35.7 Å².